The molecule has 0 fully saturated rings. The highest BCUT2D eigenvalue weighted by Crippen LogP contribution is 2.35. The minimum atomic E-state index is 0.126. The molecule has 0 N–H and O–H groups in total. The summed E-state index contributed by atoms with van der Waals surface area (Å²) in [6.07, 6.45) is 8.40. The molecule has 9 heteroatoms. The van der Waals surface area contributed by atoms with Crippen LogP contribution in [0, 0.1) is 12.3 Å². The maximum Gasteiger partial charge on any atom is 0.222 e. The molecule has 0 saturated carbocycles. The molecule has 2 aromatic heterocycles. The molecular weight excluding hydrogens is 500 g/mol. The number of fused-ring (bicyclic) bond motifs is 1. The molecule has 3 rings (SSSR count). The Bertz CT molecular complexity index is 1070. The van der Waals surface area contributed by atoms with Gasteiger partial charge in [-0.2, -0.15) is 10.2 Å². The third kappa shape index (κ3) is 4.41. The van der Waals surface area contributed by atoms with Crippen LogP contribution in [0.5, 0.6) is 5.88 Å². The van der Waals surface area contributed by atoms with Gasteiger partial charge in [-0.1, -0.05) is 13.0 Å². The maximum atomic E-state index is 11.9. The van der Waals surface area contributed by atoms with Gasteiger partial charge in [0.15, 0.2) is 0 Å². The largest absolute Gasteiger partial charge is 0.476 e. The molecule has 0 radical (unpaired) electrons. The first-order valence-corrected chi connectivity index (χ1v) is 13.4. The number of amides is 1. The van der Waals surface area contributed by atoms with E-state index in [0.717, 1.165) is 22.0 Å². The zero-order chi connectivity index (χ0) is 21.0. The number of terminal acetylenes is 1. The molecule has 0 aliphatic heterocycles. The highest BCUT2D eigenvalue weighted by molar-refractivity contribution is 14.2. The maximum absolute atomic E-state index is 11.9. The molecular formula is C20H23IN5O2P. The summed E-state index contributed by atoms with van der Waals surface area (Å²) in [5.41, 5.74) is 3.49. The number of halogens is 1. The summed E-state index contributed by atoms with van der Waals surface area (Å²) in [7, 11) is 1.84. The Morgan fingerprint density at radius 3 is 2.86 bits per heavy atom. The molecule has 3 aromatic rings. The van der Waals surface area contributed by atoms with Crippen LogP contribution in [0.4, 0.5) is 0 Å². The summed E-state index contributed by atoms with van der Waals surface area (Å²) < 4.78 is 9.65. The van der Waals surface area contributed by atoms with Gasteiger partial charge in [0, 0.05) is 25.4 Å². The Kier molecular flexibility index (Phi) is 7.14. The van der Waals surface area contributed by atoms with E-state index >= 15 is 0 Å². The van der Waals surface area contributed by atoms with Crippen LogP contribution >= 0.6 is 28.4 Å². The Morgan fingerprint density at radius 2 is 2.21 bits per heavy atom. The lowest BCUT2D eigenvalue weighted by Crippen LogP contribution is -2.34. The summed E-state index contributed by atoms with van der Waals surface area (Å²) >= 11 is 2.29. The average molecular weight is 523 g/mol. The summed E-state index contributed by atoms with van der Waals surface area (Å²) in [5, 5.41) is 9.78. The number of aromatic nitrogens is 4. The van der Waals surface area contributed by atoms with Crippen molar-refractivity contribution in [2.75, 3.05) is 19.7 Å². The molecule has 7 nitrogen and oxygen atoms in total. The minimum Gasteiger partial charge on any atom is -0.476 e. The van der Waals surface area contributed by atoms with Crippen molar-refractivity contribution in [3.05, 3.63) is 30.1 Å². The number of likely N-dealkylation sites (N-methyl/N-ethyl adjacent to an activating group) is 1. The summed E-state index contributed by atoms with van der Waals surface area (Å²) in [4.78, 5) is 13.7. The SMILES string of the molecule is C#Cc1nn(PI)c2ccc(-c3cnn(C)c3OCCN(CC)C(=O)CC)cc12. The van der Waals surface area contributed by atoms with Gasteiger partial charge >= 0.3 is 0 Å². The molecule has 29 heavy (non-hydrogen) atoms. The number of benzene rings is 1. The predicted molar refractivity (Wildman–Crippen MR) is 126 cm³/mol. The molecule has 0 bridgehead atoms. The lowest BCUT2D eigenvalue weighted by atomic mass is 10.1. The van der Waals surface area contributed by atoms with Crippen LogP contribution in [0.2, 0.25) is 0 Å². The topological polar surface area (TPSA) is 65.2 Å². The highest BCUT2D eigenvalue weighted by Gasteiger charge is 2.16. The van der Waals surface area contributed by atoms with E-state index in [-0.39, 0.29) is 5.91 Å². The van der Waals surface area contributed by atoms with Crippen molar-refractivity contribution in [2.45, 2.75) is 20.3 Å². The number of ether oxygens (including phenoxy) is 1. The fourth-order valence-corrected chi connectivity index (χ4v) is 4.71. The van der Waals surface area contributed by atoms with E-state index in [4.69, 9.17) is 11.2 Å². The van der Waals surface area contributed by atoms with Crippen LogP contribution in [0.25, 0.3) is 22.0 Å². The number of hydrogen-bond acceptors (Lipinski definition) is 4. The number of carbonyl (C=O) groups excluding carboxylic acids is 1. The number of aryl methyl sites for hydroxylation is 1. The smallest absolute Gasteiger partial charge is 0.222 e. The van der Waals surface area contributed by atoms with Crippen molar-refractivity contribution in [3.63, 3.8) is 0 Å². The standard InChI is InChI=1S/C20H23IN5O2P/c1-5-17-15-12-14(8-9-18(15)26(23-17)29-21)16-13-22-24(4)20(16)28-11-10-25(7-3)19(27)6-2/h1,8-9,12-13,29H,6-7,10-11H2,2-4H3. The molecule has 1 amide bonds. The van der Waals surface area contributed by atoms with Gasteiger partial charge in [0.25, 0.3) is 0 Å². The molecule has 0 aliphatic carbocycles. The van der Waals surface area contributed by atoms with E-state index in [1.807, 2.05) is 43.5 Å². The second-order valence-electron chi connectivity index (χ2n) is 6.38. The Morgan fingerprint density at radius 1 is 1.41 bits per heavy atom. The Labute approximate surface area is 185 Å². The minimum absolute atomic E-state index is 0.126. The number of hydrogen-bond donors (Lipinski definition) is 0. The quantitative estimate of drug-likeness (QED) is 0.256. The fourth-order valence-electron chi connectivity index (χ4n) is 3.19. The van der Waals surface area contributed by atoms with E-state index in [1.54, 1.807) is 15.8 Å². The lowest BCUT2D eigenvalue weighted by molar-refractivity contribution is -0.131. The number of rotatable bonds is 8. The van der Waals surface area contributed by atoms with Crippen LogP contribution in [0.3, 0.4) is 0 Å². The van der Waals surface area contributed by atoms with Crippen molar-refractivity contribution < 1.29 is 9.53 Å². The molecule has 2 heterocycles. The summed E-state index contributed by atoms with van der Waals surface area (Å²) in [6, 6.07) is 6.09. The van der Waals surface area contributed by atoms with E-state index in [2.05, 4.69) is 38.2 Å². The van der Waals surface area contributed by atoms with Crippen LogP contribution in [-0.2, 0) is 11.8 Å². The molecule has 0 aliphatic rings. The van der Waals surface area contributed by atoms with Gasteiger partial charge < -0.3 is 9.64 Å². The zero-order valence-electron chi connectivity index (χ0n) is 16.6. The van der Waals surface area contributed by atoms with Crippen LogP contribution in [-0.4, -0.2) is 49.8 Å². The van der Waals surface area contributed by atoms with Crippen molar-refractivity contribution in [1.29, 1.82) is 0 Å². The Balaban J connectivity index is 1.87. The first-order valence-electron chi connectivity index (χ1n) is 9.32. The molecule has 1 atom stereocenters. The number of carbonyl (C=O) groups is 1. The average Bonchev–Trinajstić information content (AvgIpc) is 3.30. The van der Waals surface area contributed by atoms with Gasteiger partial charge in [0.05, 0.1) is 30.2 Å². The first-order chi connectivity index (χ1) is 14.0. The third-order valence-corrected chi connectivity index (χ3v) is 6.60. The van der Waals surface area contributed by atoms with Crippen LogP contribution in [0.1, 0.15) is 26.0 Å². The lowest BCUT2D eigenvalue weighted by Gasteiger charge is -2.20. The van der Waals surface area contributed by atoms with E-state index in [1.165, 1.54) is 0 Å². The van der Waals surface area contributed by atoms with Gasteiger partial charge in [-0.25, -0.2) is 9.13 Å². The third-order valence-electron chi connectivity index (χ3n) is 4.73. The van der Waals surface area contributed by atoms with Crippen LogP contribution < -0.4 is 4.74 Å². The first kappa shape index (κ1) is 21.6. The van der Waals surface area contributed by atoms with E-state index in [0.29, 0.717) is 44.1 Å². The molecule has 1 aromatic carbocycles. The summed E-state index contributed by atoms with van der Waals surface area (Å²) in [6.45, 7) is 5.45. The molecule has 0 spiro atoms. The molecule has 1 unspecified atom stereocenters. The van der Waals surface area contributed by atoms with Gasteiger partial charge in [-0.05, 0) is 52.6 Å². The van der Waals surface area contributed by atoms with E-state index in [9.17, 15) is 4.79 Å². The monoisotopic (exact) mass is 523 g/mol. The van der Waals surface area contributed by atoms with E-state index < -0.39 is 0 Å². The molecule has 152 valence electrons. The van der Waals surface area contributed by atoms with Gasteiger partial charge in [0.2, 0.25) is 11.8 Å². The normalized spacial score (nSPS) is 11.3. The van der Waals surface area contributed by atoms with Crippen molar-refractivity contribution in [1.82, 2.24) is 24.2 Å². The van der Waals surface area contributed by atoms with Crippen LogP contribution in [0.15, 0.2) is 24.4 Å². The number of nitrogens with zero attached hydrogens (tertiary/aromatic N) is 5. The second kappa shape index (κ2) is 9.59. The van der Waals surface area contributed by atoms with Gasteiger partial charge in [-0.15, -0.1) is 6.42 Å². The zero-order valence-corrected chi connectivity index (χ0v) is 19.8. The molecule has 0 saturated heterocycles. The second-order valence-corrected chi connectivity index (χ2v) is 8.42. The Hall–Kier alpha value is -2.11. The summed E-state index contributed by atoms with van der Waals surface area (Å²) in [5.74, 6) is 3.46. The van der Waals surface area contributed by atoms with Gasteiger partial charge in [0.1, 0.15) is 12.3 Å². The predicted octanol–water partition coefficient (Wildman–Crippen LogP) is 3.85. The van der Waals surface area contributed by atoms with Crippen molar-refractivity contribution in [3.8, 4) is 29.4 Å². The highest BCUT2D eigenvalue weighted by atomic mass is 127. The van der Waals surface area contributed by atoms with Crippen molar-refractivity contribution in [2.24, 2.45) is 7.05 Å². The van der Waals surface area contributed by atoms with Gasteiger partial charge in [-0.3, -0.25) is 4.79 Å². The van der Waals surface area contributed by atoms with Crippen molar-refractivity contribution >= 4 is 45.2 Å². The fraction of sp³-hybridized carbons (Fsp3) is 0.350.